The Morgan fingerprint density at radius 3 is 2.55 bits per heavy atom. The molecule has 1 aliphatic rings. The minimum Gasteiger partial charge on any atom is -0.483 e. The molecule has 0 saturated carbocycles. The van der Waals surface area contributed by atoms with Gasteiger partial charge >= 0.3 is 0 Å². The van der Waals surface area contributed by atoms with Gasteiger partial charge in [-0.2, -0.15) is 0 Å². The second-order valence-corrected chi connectivity index (χ2v) is 7.94. The lowest BCUT2D eigenvalue weighted by molar-refractivity contribution is -0.123. The van der Waals surface area contributed by atoms with E-state index in [-0.39, 0.29) is 18.3 Å². The van der Waals surface area contributed by atoms with Crippen molar-refractivity contribution in [1.29, 1.82) is 0 Å². The van der Waals surface area contributed by atoms with E-state index in [0.717, 1.165) is 42.9 Å². The van der Waals surface area contributed by atoms with E-state index in [4.69, 9.17) is 4.74 Å². The molecule has 1 amide bonds. The van der Waals surface area contributed by atoms with Gasteiger partial charge in [-0.25, -0.2) is 4.39 Å². The van der Waals surface area contributed by atoms with Gasteiger partial charge in [0, 0.05) is 31.7 Å². The maximum absolute atomic E-state index is 13.1. The number of ether oxygens (including phenoxy) is 1. The van der Waals surface area contributed by atoms with Crippen LogP contribution in [0.25, 0.3) is 0 Å². The van der Waals surface area contributed by atoms with E-state index in [0.29, 0.717) is 12.5 Å². The highest BCUT2D eigenvalue weighted by Gasteiger charge is 2.23. The zero-order valence-electron chi connectivity index (χ0n) is 17.5. The van der Waals surface area contributed by atoms with Crippen molar-refractivity contribution in [2.45, 2.75) is 12.8 Å². The molecule has 1 aliphatic heterocycles. The van der Waals surface area contributed by atoms with Gasteiger partial charge in [0.15, 0.2) is 6.61 Å². The summed E-state index contributed by atoms with van der Waals surface area (Å²) in [6.07, 6.45) is 1.76. The summed E-state index contributed by atoms with van der Waals surface area (Å²) < 4.78 is 18.9. The first-order valence-corrected chi connectivity index (χ1v) is 10.7. The van der Waals surface area contributed by atoms with E-state index in [1.165, 1.54) is 17.7 Å². The van der Waals surface area contributed by atoms with Gasteiger partial charge in [0.25, 0.3) is 5.91 Å². The van der Waals surface area contributed by atoms with Crippen LogP contribution in [0.5, 0.6) is 5.75 Å². The Balaban J connectivity index is 1.24. The largest absolute Gasteiger partial charge is 0.483 e. The minimum atomic E-state index is -0.225. The number of hydrogen-bond donors (Lipinski definition) is 1. The summed E-state index contributed by atoms with van der Waals surface area (Å²) in [6.45, 7) is 2.38. The van der Waals surface area contributed by atoms with Crippen LogP contribution in [0.15, 0.2) is 78.9 Å². The van der Waals surface area contributed by atoms with Crippen LogP contribution in [0, 0.1) is 11.7 Å². The second-order valence-electron chi connectivity index (χ2n) is 7.94. The third kappa shape index (κ3) is 5.85. The lowest BCUT2D eigenvalue weighted by Gasteiger charge is -2.19. The van der Waals surface area contributed by atoms with E-state index in [1.54, 1.807) is 12.1 Å². The highest BCUT2D eigenvalue weighted by Crippen LogP contribution is 2.24. The predicted octanol–water partition coefficient (Wildman–Crippen LogP) is 4.44. The number of rotatable bonds is 8. The zero-order valence-corrected chi connectivity index (χ0v) is 17.5. The van der Waals surface area contributed by atoms with Gasteiger partial charge in [-0.1, -0.05) is 48.5 Å². The molecule has 1 fully saturated rings. The van der Waals surface area contributed by atoms with E-state index in [9.17, 15) is 9.18 Å². The molecule has 0 spiro atoms. The van der Waals surface area contributed by atoms with Crippen molar-refractivity contribution in [1.82, 2.24) is 5.32 Å². The predicted molar refractivity (Wildman–Crippen MR) is 121 cm³/mol. The maximum atomic E-state index is 13.1. The second kappa shape index (κ2) is 10.1. The molecular weight excluding hydrogens is 391 g/mol. The van der Waals surface area contributed by atoms with Crippen LogP contribution in [0.3, 0.4) is 0 Å². The van der Waals surface area contributed by atoms with Gasteiger partial charge < -0.3 is 15.0 Å². The number of anilines is 1. The number of carbonyl (C=O) groups excluding carboxylic acids is 1. The number of halogens is 1. The zero-order chi connectivity index (χ0) is 21.5. The van der Waals surface area contributed by atoms with Gasteiger partial charge in [-0.15, -0.1) is 0 Å². The fourth-order valence-electron chi connectivity index (χ4n) is 3.94. The Bertz CT molecular complexity index is 992. The summed E-state index contributed by atoms with van der Waals surface area (Å²) in [5.41, 5.74) is 3.29. The van der Waals surface area contributed by atoms with Crippen molar-refractivity contribution >= 4 is 11.6 Å². The van der Waals surface area contributed by atoms with Crippen molar-refractivity contribution in [3.63, 3.8) is 0 Å². The highest BCUT2D eigenvalue weighted by atomic mass is 19.1. The molecule has 4 rings (SSSR count). The standard InChI is InChI=1S/C26H27FN2O2/c27-23-10-12-24(13-11-23)29-15-14-21(18-29)17-28-26(30)19-31-25-9-5-4-8-22(25)16-20-6-2-1-3-7-20/h1-13,21H,14-19H2,(H,28,30). The van der Waals surface area contributed by atoms with Crippen LogP contribution in [0.2, 0.25) is 0 Å². The average molecular weight is 419 g/mol. The number of nitrogens with one attached hydrogen (secondary N) is 1. The molecule has 1 N–H and O–H groups in total. The Morgan fingerprint density at radius 1 is 1.00 bits per heavy atom. The molecule has 1 unspecified atom stereocenters. The fraction of sp³-hybridized carbons (Fsp3) is 0.269. The van der Waals surface area contributed by atoms with Crippen molar-refractivity contribution in [3.05, 3.63) is 95.8 Å². The lowest BCUT2D eigenvalue weighted by atomic mass is 10.0. The Hall–Kier alpha value is -3.34. The quantitative estimate of drug-likeness (QED) is 0.588. The topological polar surface area (TPSA) is 41.6 Å². The molecule has 0 aromatic heterocycles. The van der Waals surface area contributed by atoms with Gasteiger partial charge in [0.1, 0.15) is 11.6 Å². The molecule has 31 heavy (non-hydrogen) atoms. The van der Waals surface area contributed by atoms with Crippen LogP contribution < -0.4 is 15.0 Å². The molecule has 0 radical (unpaired) electrons. The number of hydrogen-bond acceptors (Lipinski definition) is 3. The summed E-state index contributed by atoms with van der Waals surface area (Å²) in [7, 11) is 0. The number of nitrogens with zero attached hydrogens (tertiary/aromatic N) is 1. The van der Waals surface area contributed by atoms with Crippen molar-refractivity contribution in [2.75, 3.05) is 31.1 Å². The molecule has 0 bridgehead atoms. The monoisotopic (exact) mass is 418 g/mol. The SMILES string of the molecule is O=C(COc1ccccc1Cc1ccccc1)NCC1CCN(c2ccc(F)cc2)C1. The van der Waals surface area contributed by atoms with E-state index < -0.39 is 0 Å². The Kier molecular flexibility index (Phi) is 6.82. The van der Waals surface area contributed by atoms with Crippen LogP contribution in [-0.2, 0) is 11.2 Å². The Morgan fingerprint density at radius 2 is 1.74 bits per heavy atom. The molecular formula is C26H27FN2O2. The normalized spacial score (nSPS) is 15.6. The lowest BCUT2D eigenvalue weighted by Crippen LogP contribution is -2.34. The average Bonchev–Trinajstić information content (AvgIpc) is 3.27. The van der Waals surface area contributed by atoms with Crippen LogP contribution in [-0.4, -0.2) is 32.1 Å². The number of para-hydroxylation sites is 1. The van der Waals surface area contributed by atoms with E-state index >= 15 is 0 Å². The molecule has 4 nitrogen and oxygen atoms in total. The third-order valence-corrected chi connectivity index (χ3v) is 5.63. The van der Waals surface area contributed by atoms with Crippen LogP contribution >= 0.6 is 0 Å². The first-order chi connectivity index (χ1) is 15.2. The third-order valence-electron chi connectivity index (χ3n) is 5.63. The minimum absolute atomic E-state index is 0.000198. The maximum Gasteiger partial charge on any atom is 0.257 e. The summed E-state index contributed by atoms with van der Waals surface area (Å²) in [5, 5.41) is 2.99. The van der Waals surface area contributed by atoms with E-state index in [1.807, 2.05) is 42.5 Å². The van der Waals surface area contributed by atoms with Crippen molar-refractivity contribution < 1.29 is 13.9 Å². The summed E-state index contributed by atoms with van der Waals surface area (Å²) in [5.74, 6) is 0.774. The molecule has 3 aromatic rings. The smallest absolute Gasteiger partial charge is 0.257 e. The van der Waals surface area contributed by atoms with E-state index in [2.05, 4.69) is 22.3 Å². The van der Waals surface area contributed by atoms with Crippen LogP contribution in [0.4, 0.5) is 10.1 Å². The fourth-order valence-corrected chi connectivity index (χ4v) is 3.94. The Labute approximate surface area is 182 Å². The van der Waals surface area contributed by atoms with Gasteiger partial charge in [0.05, 0.1) is 0 Å². The van der Waals surface area contributed by atoms with Crippen molar-refractivity contribution in [2.24, 2.45) is 5.92 Å². The molecule has 3 aromatic carbocycles. The molecule has 5 heteroatoms. The van der Waals surface area contributed by atoms with Gasteiger partial charge in [0.2, 0.25) is 0 Å². The molecule has 1 saturated heterocycles. The molecule has 1 heterocycles. The highest BCUT2D eigenvalue weighted by molar-refractivity contribution is 5.77. The first kappa shape index (κ1) is 20.9. The first-order valence-electron chi connectivity index (χ1n) is 10.7. The summed E-state index contributed by atoms with van der Waals surface area (Å²) in [6, 6.07) is 24.6. The molecule has 160 valence electrons. The summed E-state index contributed by atoms with van der Waals surface area (Å²) in [4.78, 5) is 14.6. The number of carbonyl (C=O) groups is 1. The van der Waals surface area contributed by atoms with Crippen molar-refractivity contribution in [3.8, 4) is 5.75 Å². The molecule has 0 aliphatic carbocycles. The number of amides is 1. The van der Waals surface area contributed by atoms with Gasteiger partial charge in [-0.3, -0.25) is 4.79 Å². The molecule has 1 atom stereocenters. The summed E-state index contributed by atoms with van der Waals surface area (Å²) >= 11 is 0. The number of benzene rings is 3. The van der Waals surface area contributed by atoms with Gasteiger partial charge in [-0.05, 0) is 53.8 Å². The van der Waals surface area contributed by atoms with Crippen LogP contribution in [0.1, 0.15) is 17.5 Å².